The third kappa shape index (κ3) is 3.35. The van der Waals surface area contributed by atoms with Crippen LogP contribution >= 0.6 is 0 Å². The molecule has 1 aliphatic rings. The number of anilines is 1. The van der Waals surface area contributed by atoms with Crippen LogP contribution in [0.25, 0.3) is 0 Å². The van der Waals surface area contributed by atoms with Gasteiger partial charge in [0.1, 0.15) is 11.5 Å². The van der Waals surface area contributed by atoms with Crippen LogP contribution in [-0.4, -0.2) is 22.2 Å². The van der Waals surface area contributed by atoms with Gasteiger partial charge < -0.3 is 10.4 Å². The van der Waals surface area contributed by atoms with Crippen molar-refractivity contribution in [3.8, 4) is 0 Å². The minimum Gasteiger partial charge on any atom is -0.393 e. The Bertz CT molecular complexity index is 401. The van der Waals surface area contributed by atoms with Crippen molar-refractivity contribution in [2.75, 3.05) is 5.32 Å². The summed E-state index contributed by atoms with van der Waals surface area (Å²) >= 11 is 0. The number of nitrogens with one attached hydrogen (secondary N) is 1. The van der Waals surface area contributed by atoms with Crippen molar-refractivity contribution in [2.45, 2.75) is 44.0 Å². The van der Waals surface area contributed by atoms with Crippen LogP contribution in [0.5, 0.6) is 0 Å². The molecule has 0 aliphatic heterocycles. The van der Waals surface area contributed by atoms with Crippen LogP contribution in [0.1, 0.15) is 31.4 Å². The fraction of sp³-hybridized carbons (Fsp3) is 0.583. The monoisotopic (exact) mass is 260 g/mol. The molecule has 0 atom stereocenters. The van der Waals surface area contributed by atoms with Crippen LogP contribution < -0.4 is 5.32 Å². The third-order valence-corrected chi connectivity index (χ3v) is 3.09. The van der Waals surface area contributed by atoms with E-state index in [9.17, 15) is 18.3 Å². The molecule has 1 aromatic rings. The van der Waals surface area contributed by atoms with Crippen LogP contribution in [0.2, 0.25) is 0 Å². The maximum Gasteiger partial charge on any atom is 0.433 e. The van der Waals surface area contributed by atoms with E-state index in [0.29, 0.717) is 12.8 Å². The Morgan fingerprint density at radius 3 is 2.44 bits per heavy atom. The molecule has 3 nitrogen and oxygen atoms in total. The molecule has 0 spiro atoms. The van der Waals surface area contributed by atoms with Crippen molar-refractivity contribution >= 4 is 5.82 Å². The zero-order valence-electron chi connectivity index (χ0n) is 9.74. The second kappa shape index (κ2) is 5.14. The second-order valence-electron chi connectivity index (χ2n) is 4.56. The van der Waals surface area contributed by atoms with Gasteiger partial charge in [0.2, 0.25) is 0 Å². The molecular weight excluding hydrogens is 245 g/mol. The van der Waals surface area contributed by atoms with Gasteiger partial charge in [-0.3, -0.25) is 0 Å². The van der Waals surface area contributed by atoms with Gasteiger partial charge in [-0.05, 0) is 37.8 Å². The number of nitrogens with zero attached hydrogens (tertiary/aromatic N) is 1. The van der Waals surface area contributed by atoms with E-state index in [-0.39, 0.29) is 18.0 Å². The van der Waals surface area contributed by atoms with Gasteiger partial charge in [0.15, 0.2) is 0 Å². The van der Waals surface area contributed by atoms with E-state index < -0.39 is 11.9 Å². The lowest BCUT2D eigenvalue weighted by atomic mass is 9.93. The molecule has 100 valence electrons. The average Bonchev–Trinajstić information content (AvgIpc) is 2.31. The Morgan fingerprint density at radius 1 is 1.17 bits per heavy atom. The number of hydrogen-bond donors (Lipinski definition) is 2. The first-order valence-electron chi connectivity index (χ1n) is 5.94. The molecule has 1 aromatic heterocycles. The fourth-order valence-corrected chi connectivity index (χ4v) is 2.10. The van der Waals surface area contributed by atoms with Crippen LogP contribution in [0.15, 0.2) is 18.2 Å². The van der Waals surface area contributed by atoms with Gasteiger partial charge in [-0.15, -0.1) is 0 Å². The molecule has 6 heteroatoms. The molecule has 0 radical (unpaired) electrons. The summed E-state index contributed by atoms with van der Waals surface area (Å²) in [5, 5.41) is 12.3. The summed E-state index contributed by atoms with van der Waals surface area (Å²) in [4.78, 5) is 3.56. The van der Waals surface area contributed by atoms with Crippen LogP contribution in [0, 0.1) is 0 Å². The lowest BCUT2D eigenvalue weighted by Gasteiger charge is -2.26. The number of alkyl halides is 3. The predicted molar refractivity (Wildman–Crippen MR) is 61.1 cm³/mol. The number of aliphatic hydroxyl groups is 1. The minimum absolute atomic E-state index is 0.0874. The highest BCUT2D eigenvalue weighted by Gasteiger charge is 2.32. The van der Waals surface area contributed by atoms with Crippen molar-refractivity contribution in [3.05, 3.63) is 23.9 Å². The van der Waals surface area contributed by atoms with Crippen LogP contribution in [-0.2, 0) is 6.18 Å². The van der Waals surface area contributed by atoms with Gasteiger partial charge in [0.25, 0.3) is 0 Å². The molecule has 2 N–H and O–H groups in total. The molecule has 0 amide bonds. The summed E-state index contributed by atoms with van der Waals surface area (Å²) in [6, 6.07) is 3.91. The van der Waals surface area contributed by atoms with E-state index in [1.807, 2.05) is 0 Å². The number of aliphatic hydroxyl groups excluding tert-OH is 1. The van der Waals surface area contributed by atoms with Gasteiger partial charge in [-0.2, -0.15) is 13.2 Å². The van der Waals surface area contributed by atoms with Gasteiger partial charge in [0.05, 0.1) is 6.10 Å². The second-order valence-corrected chi connectivity index (χ2v) is 4.56. The Morgan fingerprint density at radius 2 is 1.83 bits per heavy atom. The molecule has 1 heterocycles. The number of pyridine rings is 1. The summed E-state index contributed by atoms with van der Waals surface area (Å²) in [5.74, 6) is 0.242. The highest BCUT2D eigenvalue weighted by Crippen LogP contribution is 2.29. The van der Waals surface area contributed by atoms with Crippen molar-refractivity contribution in [3.63, 3.8) is 0 Å². The lowest BCUT2D eigenvalue weighted by molar-refractivity contribution is -0.141. The third-order valence-electron chi connectivity index (χ3n) is 3.09. The summed E-state index contributed by atoms with van der Waals surface area (Å²) in [6.45, 7) is 0. The van der Waals surface area contributed by atoms with E-state index in [4.69, 9.17) is 0 Å². The quantitative estimate of drug-likeness (QED) is 0.859. The maximum absolute atomic E-state index is 12.5. The molecule has 0 saturated heterocycles. The first kappa shape index (κ1) is 13.1. The van der Waals surface area contributed by atoms with E-state index in [1.54, 1.807) is 0 Å². The molecule has 2 rings (SSSR count). The van der Waals surface area contributed by atoms with Crippen molar-refractivity contribution in [2.24, 2.45) is 0 Å². The number of hydrogen-bond acceptors (Lipinski definition) is 3. The zero-order chi connectivity index (χ0) is 13.2. The smallest absolute Gasteiger partial charge is 0.393 e. The SMILES string of the molecule is OC1CCC(Nc2cccc(C(F)(F)F)n2)CC1. The van der Waals surface area contributed by atoms with Gasteiger partial charge in [-0.1, -0.05) is 6.07 Å². The largest absolute Gasteiger partial charge is 0.433 e. The van der Waals surface area contributed by atoms with Crippen molar-refractivity contribution < 1.29 is 18.3 Å². The summed E-state index contributed by atoms with van der Waals surface area (Å²) in [6.07, 6.45) is -1.84. The lowest BCUT2D eigenvalue weighted by Crippen LogP contribution is -2.28. The van der Waals surface area contributed by atoms with Gasteiger partial charge in [-0.25, -0.2) is 4.98 Å². The highest BCUT2D eigenvalue weighted by molar-refractivity contribution is 5.37. The Balaban J connectivity index is 2.01. The van der Waals surface area contributed by atoms with Gasteiger partial charge in [0, 0.05) is 6.04 Å². The molecule has 0 bridgehead atoms. The van der Waals surface area contributed by atoms with Crippen molar-refractivity contribution in [1.82, 2.24) is 4.98 Å². The number of aromatic nitrogens is 1. The molecule has 1 saturated carbocycles. The Hall–Kier alpha value is -1.30. The zero-order valence-corrected chi connectivity index (χ0v) is 9.74. The summed E-state index contributed by atoms with van der Waals surface area (Å²) in [7, 11) is 0. The molecule has 1 fully saturated rings. The van der Waals surface area contributed by atoms with E-state index >= 15 is 0 Å². The predicted octanol–water partition coefficient (Wildman–Crippen LogP) is 2.82. The Labute approximate surface area is 103 Å². The first-order chi connectivity index (χ1) is 8.45. The standard InChI is InChI=1S/C12H15F3N2O/c13-12(14,15)10-2-1-3-11(17-10)16-8-4-6-9(18)7-5-8/h1-3,8-9,18H,4-7H2,(H,16,17). The highest BCUT2D eigenvalue weighted by atomic mass is 19.4. The summed E-state index contributed by atoms with van der Waals surface area (Å²) in [5.41, 5.74) is -0.886. The molecule has 1 aliphatic carbocycles. The number of halogens is 3. The van der Waals surface area contributed by atoms with Crippen molar-refractivity contribution in [1.29, 1.82) is 0 Å². The fourth-order valence-electron chi connectivity index (χ4n) is 2.10. The maximum atomic E-state index is 12.5. The molecular formula is C12H15F3N2O. The normalized spacial score (nSPS) is 24.9. The van der Waals surface area contributed by atoms with E-state index in [1.165, 1.54) is 12.1 Å². The minimum atomic E-state index is -4.42. The first-order valence-corrected chi connectivity index (χ1v) is 5.94. The van der Waals surface area contributed by atoms with Crippen LogP contribution in [0.3, 0.4) is 0 Å². The number of rotatable bonds is 2. The van der Waals surface area contributed by atoms with E-state index in [2.05, 4.69) is 10.3 Å². The molecule has 0 aromatic carbocycles. The molecule has 18 heavy (non-hydrogen) atoms. The van der Waals surface area contributed by atoms with Crippen LogP contribution in [0.4, 0.5) is 19.0 Å². The topological polar surface area (TPSA) is 45.1 Å². The average molecular weight is 260 g/mol. The van der Waals surface area contributed by atoms with Gasteiger partial charge >= 0.3 is 6.18 Å². The van der Waals surface area contributed by atoms with E-state index in [0.717, 1.165) is 18.9 Å². The summed E-state index contributed by atoms with van der Waals surface area (Å²) < 4.78 is 37.4. The Kier molecular flexibility index (Phi) is 3.75. The molecule has 0 unspecified atom stereocenters.